The van der Waals surface area contributed by atoms with Crippen molar-refractivity contribution in [3.63, 3.8) is 0 Å². The molecule has 1 aliphatic rings. The van der Waals surface area contributed by atoms with Crippen molar-refractivity contribution in [2.45, 2.75) is 33.3 Å². The molecule has 1 heterocycles. The van der Waals surface area contributed by atoms with E-state index in [1.165, 1.54) is 0 Å². The summed E-state index contributed by atoms with van der Waals surface area (Å²) in [5, 5.41) is 19.0. The zero-order valence-corrected chi connectivity index (χ0v) is 13.1. The lowest BCUT2D eigenvalue weighted by atomic mass is 9.96. The Morgan fingerprint density at radius 1 is 1.35 bits per heavy atom. The highest BCUT2D eigenvalue weighted by atomic mass is 16.5. The zero-order chi connectivity index (χ0) is 15.0. The summed E-state index contributed by atoms with van der Waals surface area (Å²) in [6.45, 7) is 12.8. The van der Waals surface area contributed by atoms with Crippen LogP contribution in [0.1, 0.15) is 27.2 Å². The number of nitriles is 1. The number of ether oxygens (including phenoxy) is 1. The van der Waals surface area contributed by atoms with Crippen LogP contribution in [0.15, 0.2) is 0 Å². The van der Waals surface area contributed by atoms with E-state index < -0.39 is 0 Å². The minimum Gasteiger partial charge on any atom is -0.390 e. The van der Waals surface area contributed by atoms with E-state index in [4.69, 9.17) is 10.00 Å². The Balaban J connectivity index is 2.39. The second kappa shape index (κ2) is 8.58. The number of rotatable bonds is 7. The summed E-state index contributed by atoms with van der Waals surface area (Å²) >= 11 is 0. The third kappa shape index (κ3) is 7.81. The summed E-state index contributed by atoms with van der Waals surface area (Å²) in [6, 6.07) is 2.19. The molecule has 116 valence electrons. The first-order valence-electron chi connectivity index (χ1n) is 7.48. The van der Waals surface area contributed by atoms with Gasteiger partial charge < -0.3 is 9.84 Å². The second-order valence-electron chi connectivity index (χ2n) is 6.77. The fourth-order valence-corrected chi connectivity index (χ4v) is 2.55. The van der Waals surface area contributed by atoms with Crippen molar-refractivity contribution in [1.29, 1.82) is 5.26 Å². The molecule has 20 heavy (non-hydrogen) atoms. The van der Waals surface area contributed by atoms with E-state index in [1.54, 1.807) is 0 Å². The van der Waals surface area contributed by atoms with Gasteiger partial charge in [0.25, 0.3) is 0 Å². The normalized spacial score (nSPS) is 19.0. The SMILES string of the molecule is CC(C)(C)CN(CCC#N)C[C@@H](O)CN1CCOCC1. The zero-order valence-electron chi connectivity index (χ0n) is 13.1. The number of morpholine rings is 1. The Hall–Kier alpha value is -0.670. The van der Waals surface area contributed by atoms with Gasteiger partial charge >= 0.3 is 0 Å². The third-order valence-corrected chi connectivity index (χ3v) is 3.28. The van der Waals surface area contributed by atoms with Gasteiger partial charge in [0, 0.05) is 45.7 Å². The first-order chi connectivity index (χ1) is 9.40. The van der Waals surface area contributed by atoms with Crippen LogP contribution in [0.4, 0.5) is 0 Å². The van der Waals surface area contributed by atoms with E-state index in [1.807, 2.05) is 0 Å². The summed E-state index contributed by atoms with van der Waals surface area (Å²) in [6.07, 6.45) is 0.148. The first-order valence-corrected chi connectivity index (χ1v) is 7.48. The van der Waals surface area contributed by atoms with Crippen LogP contribution in [0.25, 0.3) is 0 Å². The number of aliphatic hydroxyl groups is 1. The lowest BCUT2D eigenvalue weighted by Crippen LogP contribution is -2.46. The molecule has 0 saturated carbocycles. The monoisotopic (exact) mass is 283 g/mol. The number of hydrogen-bond donors (Lipinski definition) is 1. The highest BCUT2D eigenvalue weighted by Crippen LogP contribution is 2.15. The molecule has 1 N–H and O–H groups in total. The van der Waals surface area contributed by atoms with Crippen LogP contribution in [0, 0.1) is 16.7 Å². The summed E-state index contributed by atoms with van der Waals surface area (Å²) in [7, 11) is 0. The van der Waals surface area contributed by atoms with Gasteiger partial charge in [-0.2, -0.15) is 5.26 Å². The number of nitrogens with zero attached hydrogens (tertiary/aromatic N) is 3. The first kappa shape index (κ1) is 17.4. The highest BCUT2D eigenvalue weighted by Gasteiger charge is 2.21. The molecule has 1 saturated heterocycles. The largest absolute Gasteiger partial charge is 0.390 e. The molecule has 1 aliphatic heterocycles. The molecule has 0 aromatic carbocycles. The van der Waals surface area contributed by atoms with Gasteiger partial charge in [-0.25, -0.2) is 0 Å². The van der Waals surface area contributed by atoms with Gasteiger partial charge in [0.15, 0.2) is 0 Å². The average Bonchev–Trinajstić information content (AvgIpc) is 2.35. The van der Waals surface area contributed by atoms with Crippen molar-refractivity contribution in [2.75, 3.05) is 52.5 Å². The Morgan fingerprint density at radius 3 is 2.55 bits per heavy atom. The van der Waals surface area contributed by atoms with E-state index in [-0.39, 0.29) is 11.5 Å². The van der Waals surface area contributed by atoms with Gasteiger partial charge in [-0.3, -0.25) is 9.80 Å². The fourth-order valence-electron chi connectivity index (χ4n) is 2.55. The van der Waals surface area contributed by atoms with Crippen LogP contribution in [-0.2, 0) is 4.74 Å². The van der Waals surface area contributed by atoms with Crippen LogP contribution >= 0.6 is 0 Å². The van der Waals surface area contributed by atoms with Crippen molar-refractivity contribution in [3.05, 3.63) is 0 Å². The summed E-state index contributed by atoms with van der Waals surface area (Å²) in [4.78, 5) is 4.45. The van der Waals surface area contributed by atoms with Crippen LogP contribution < -0.4 is 0 Å². The molecule has 0 amide bonds. The maximum Gasteiger partial charge on any atom is 0.0793 e. The lowest BCUT2D eigenvalue weighted by Gasteiger charge is -2.33. The number of β-amino-alcohol motifs (C(OH)–C–C–N with tert-alkyl or cyclic N) is 1. The summed E-state index contributed by atoms with van der Waals surface area (Å²) in [5.41, 5.74) is 0.175. The van der Waals surface area contributed by atoms with E-state index in [9.17, 15) is 5.11 Å². The highest BCUT2D eigenvalue weighted by molar-refractivity contribution is 4.78. The molecule has 5 heteroatoms. The maximum absolute atomic E-state index is 10.3. The van der Waals surface area contributed by atoms with Gasteiger partial charge in [-0.1, -0.05) is 20.8 Å². The van der Waals surface area contributed by atoms with E-state index in [0.29, 0.717) is 19.5 Å². The average molecular weight is 283 g/mol. The van der Waals surface area contributed by atoms with Gasteiger partial charge in [-0.15, -0.1) is 0 Å². The van der Waals surface area contributed by atoms with Gasteiger partial charge in [0.05, 0.1) is 25.4 Å². The van der Waals surface area contributed by atoms with Crippen molar-refractivity contribution in [2.24, 2.45) is 5.41 Å². The molecular formula is C15H29N3O2. The quantitative estimate of drug-likeness (QED) is 0.753. The predicted octanol–water partition coefficient (Wildman–Crippen LogP) is 0.941. The minimum absolute atomic E-state index is 0.175. The van der Waals surface area contributed by atoms with E-state index in [2.05, 4.69) is 36.6 Å². The minimum atomic E-state index is -0.367. The Labute approximate surface area is 123 Å². The van der Waals surface area contributed by atoms with Crippen LogP contribution in [0.3, 0.4) is 0 Å². The molecule has 5 nitrogen and oxygen atoms in total. The molecule has 0 bridgehead atoms. The van der Waals surface area contributed by atoms with Crippen molar-refractivity contribution >= 4 is 0 Å². The van der Waals surface area contributed by atoms with Crippen LogP contribution in [0.2, 0.25) is 0 Å². The Morgan fingerprint density at radius 2 is 2.00 bits per heavy atom. The summed E-state index contributed by atoms with van der Waals surface area (Å²) < 4.78 is 5.31. The van der Waals surface area contributed by atoms with E-state index >= 15 is 0 Å². The number of aliphatic hydroxyl groups excluding tert-OH is 1. The van der Waals surface area contributed by atoms with Crippen LogP contribution in [-0.4, -0.2) is 73.5 Å². The predicted molar refractivity (Wildman–Crippen MR) is 79.4 cm³/mol. The molecule has 1 atom stereocenters. The molecule has 0 radical (unpaired) electrons. The molecule has 1 fully saturated rings. The smallest absolute Gasteiger partial charge is 0.0793 e. The molecule has 0 aromatic rings. The fraction of sp³-hybridized carbons (Fsp3) is 0.933. The third-order valence-electron chi connectivity index (χ3n) is 3.28. The standard InChI is InChI=1S/C15H29N3O2/c1-15(2,3)13-18(6-4-5-16)12-14(19)11-17-7-9-20-10-8-17/h14,19H,4,6-13H2,1-3H3/t14-/m0/s1. The maximum atomic E-state index is 10.3. The van der Waals surface area contributed by atoms with Gasteiger partial charge in [0.2, 0.25) is 0 Å². The topological polar surface area (TPSA) is 59.7 Å². The van der Waals surface area contributed by atoms with Crippen molar-refractivity contribution in [1.82, 2.24) is 9.80 Å². The lowest BCUT2D eigenvalue weighted by molar-refractivity contribution is 0.00473. The van der Waals surface area contributed by atoms with Crippen LogP contribution in [0.5, 0.6) is 0 Å². The van der Waals surface area contributed by atoms with E-state index in [0.717, 1.165) is 39.4 Å². The molecule has 0 aromatic heterocycles. The number of hydrogen-bond acceptors (Lipinski definition) is 5. The summed E-state index contributed by atoms with van der Waals surface area (Å²) in [5.74, 6) is 0. The van der Waals surface area contributed by atoms with Gasteiger partial charge in [-0.05, 0) is 5.41 Å². The van der Waals surface area contributed by atoms with Gasteiger partial charge in [0.1, 0.15) is 0 Å². The molecule has 1 rings (SSSR count). The Bertz CT molecular complexity index is 303. The molecular weight excluding hydrogens is 254 g/mol. The second-order valence-corrected chi connectivity index (χ2v) is 6.77. The van der Waals surface area contributed by atoms with Crippen molar-refractivity contribution in [3.8, 4) is 6.07 Å². The Kier molecular flexibility index (Phi) is 7.46. The molecule has 0 unspecified atom stereocenters. The molecule has 0 spiro atoms. The molecule has 0 aliphatic carbocycles. The van der Waals surface area contributed by atoms with Crippen molar-refractivity contribution < 1.29 is 9.84 Å².